The van der Waals surface area contributed by atoms with Gasteiger partial charge in [0.15, 0.2) is 11.7 Å². The van der Waals surface area contributed by atoms with Crippen LogP contribution in [0.2, 0.25) is 0 Å². The highest BCUT2D eigenvalue weighted by Gasteiger charge is 2.28. The molecule has 4 nitrogen and oxygen atoms in total. The van der Waals surface area contributed by atoms with E-state index in [0.29, 0.717) is 11.4 Å². The lowest BCUT2D eigenvalue weighted by Crippen LogP contribution is -2.14. The molecule has 12 aromatic rings. The van der Waals surface area contributed by atoms with Crippen LogP contribution < -0.4 is 0 Å². The van der Waals surface area contributed by atoms with E-state index in [1.54, 1.807) is 0 Å². The van der Waals surface area contributed by atoms with E-state index < -0.39 is 0 Å². The van der Waals surface area contributed by atoms with Gasteiger partial charge in [-0.3, -0.25) is 5.41 Å². The summed E-state index contributed by atoms with van der Waals surface area (Å²) in [4.78, 5) is 10.1. The van der Waals surface area contributed by atoms with E-state index in [9.17, 15) is 5.41 Å². The molecule has 1 N–H and O–H groups in total. The smallest absolute Gasteiger partial charge is 0.161 e. The van der Waals surface area contributed by atoms with E-state index in [-0.39, 0.29) is 11.3 Å². The summed E-state index contributed by atoms with van der Waals surface area (Å²) in [6.45, 7) is 6.98. The second-order valence-electron chi connectivity index (χ2n) is 20.6. The Balaban J connectivity index is 1.19. The highest BCUT2D eigenvalue weighted by atomic mass is 15.0. The maximum Gasteiger partial charge on any atom is 0.161 e. The van der Waals surface area contributed by atoms with Crippen molar-refractivity contribution >= 4 is 39.7 Å². The van der Waals surface area contributed by atoms with Crippen LogP contribution in [0.5, 0.6) is 0 Å². The first-order valence-corrected chi connectivity index (χ1v) is 26.3. The van der Waals surface area contributed by atoms with Crippen LogP contribution in [0.3, 0.4) is 0 Å². The van der Waals surface area contributed by atoms with Crippen molar-refractivity contribution in [2.45, 2.75) is 26.2 Å². The van der Waals surface area contributed by atoms with Crippen LogP contribution in [-0.4, -0.2) is 22.5 Å². The van der Waals surface area contributed by atoms with Crippen molar-refractivity contribution in [1.29, 1.82) is 5.41 Å². The van der Waals surface area contributed by atoms with Gasteiger partial charge in [0.1, 0.15) is 0 Å². The largest absolute Gasteiger partial charge is 0.308 e. The fourth-order valence-electron chi connectivity index (χ4n) is 10.6. The molecule has 0 atom stereocenters. The molecule has 0 aliphatic heterocycles. The summed E-state index contributed by atoms with van der Waals surface area (Å²) in [6.07, 6.45) is 1.82. The summed E-state index contributed by atoms with van der Waals surface area (Å²) >= 11 is 0. The van der Waals surface area contributed by atoms with Crippen molar-refractivity contribution in [2.24, 2.45) is 9.98 Å². The zero-order valence-corrected chi connectivity index (χ0v) is 43.4. The third-order valence-electron chi connectivity index (χ3n) is 14.5. The Morgan fingerprint density at radius 1 is 0.390 bits per heavy atom. The molecule has 0 radical (unpaired) electrons. The van der Waals surface area contributed by atoms with Crippen LogP contribution in [0.25, 0.3) is 94.3 Å². The van der Waals surface area contributed by atoms with Gasteiger partial charge in [0.25, 0.3) is 0 Å². The Hall–Kier alpha value is -9.77. The predicted molar refractivity (Wildman–Crippen MR) is 326 cm³/mol. The summed E-state index contributed by atoms with van der Waals surface area (Å²) in [6, 6.07) is 96.4. The van der Waals surface area contributed by atoms with Gasteiger partial charge in [0, 0.05) is 39.2 Å². The second kappa shape index (κ2) is 20.9. The van der Waals surface area contributed by atoms with Crippen molar-refractivity contribution in [1.82, 2.24) is 4.57 Å². The van der Waals surface area contributed by atoms with Gasteiger partial charge < -0.3 is 4.57 Å². The molecule has 0 aliphatic carbocycles. The van der Waals surface area contributed by atoms with Gasteiger partial charge in [-0.1, -0.05) is 257 Å². The zero-order chi connectivity index (χ0) is 52.3. The van der Waals surface area contributed by atoms with Crippen LogP contribution in [0.15, 0.2) is 283 Å². The molecule has 368 valence electrons. The highest BCUT2D eigenvalue weighted by Crippen LogP contribution is 2.47. The molecule has 1 heterocycles. The monoisotopic (exact) mass is 988 g/mol. The average Bonchev–Trinajstić information content (AvgIpc) is 3.86. The minimum Gasteiger partial charge on any atom is -0.308 e. The van der Waals surface area contributed by atoms with Gasteiger partial charge >= 0.3 is 0 Å². The minimum atomic E-state index is -0.280. The first-order valence-electron chi connectivity index (χ1n) is 26.3. The zero-order valence-electron chi connectivity index (χ0n) is 43.4. The number of hydrogen-bond acceptors (Lipinski definition) is 1. The Labute approximate surface area is 451 Å². The van der Waals surface area contributed by atoms with Crippen LogP contribution in [0.1, 0.15) is 43.0 Å². The lowest BCUT2D eigenvalue weighted by atomic mass is 9.83. The molecule has 0 fully saturated rings. The molecule has 0 unspecified atom stereocenters. The SMILES string of the molecule is CC(C)(C)c1cc(-c2ccccc2)cc2c3cc(-c4ccccc4)ccc3n(-c3c(-c4ccc(-c5ccccc5)cc4)cc(C(=N)/N=C(\N=C\c4ccccc4)c4ccccc4)cc3-c3ccc(-c4ccccc4)cc3)c12. The normalized spacial score (nSPS) is 11.9. The fourth-order valence-corrected chi connectivity index (χ4v) is 10.6. The summed E-state index contributed by atoms with van der Waals surface area (Å²) in [5, 5.41) is 12.4. The fraction of sp³-hybridized carbons (Fsp3) is 0.0548. The van der Waals surface area contributed by atoms with E-state index in [1.807, 2.05) is 66.9 Å². The maximum atomic E-state index is 10.1. The van der Waals surface area contributed by atoms with Crippen molar-refractivity contribution in [3.8, 4) is 72.4 Å². The number of amidine groups is 2. The molecular weight excluding hydrogens is 933 g/mol. The standard InChI is InChI=1S/C73H56N4/c1-73(2,3)67-48-61(54-30-18-8-19-31-54)45-66-65-44-60(53-28-16-7-17-29-53)42-43-68(65)77(70(66)67)69-63(57-38-34-55(35-39-57)51-24-12-5-13-25-51)46-62(47-64(69)58-40-36-56(37-41-58)52-26-14-6-15-27-52)71(74)76-72(59-32-20-9-21-33-59)75-49-50-22-10-4-11-23-50/h4-49,74H,1-3H3/b74-71?,75-49+,76-72-. The van der Waals surface area contributed by atoms with Crippen LogP contribution in [0, 0.1) is 5.41 Å². The number of hydrogen-bond donors (Lipinski definition) is 1. The Kier molecular flexibility index (Phi) is 13.1. The molecule has 77 heavy (non-hydrogen) atoms. The molecule has 0 aliphatic rings. The first kappa shape index (κ1) is 48.2. The van der Waals surface area contributed by atoms with Gasteiger partial charge in [0.2, 0.25) is 0 Å². The van der Waals surface area contributed by atoms with E-state index in [4.69, 9.17) is 9.98 Å². The Morgan fingerprint density at radius 3 is 1.29 bits per heavy atom. The molecule has 0 saturated carbocycles. The van der Waals surface area contributed by atoms with E-state index in [1.165, 1.54) is 22.1 Å². The molecule has 4 heteroatoms. The van der Waals surface area contributed by atoms with Crippen LogP contribution >= 0.6 is 0 Å². The summed E-state index contributed by atoms with van der Waals surface area (Å²) in [5.74, 6) is 0.550. The molecule has 12 rings (SSSR count). The van der Waals surface area contributed by atoms with Crippen molar-refractivity contribution < 1.29 is 0 Å². The maximum absolute atomic E-state index is 10.1. The minimum absolute atomic E-state index is 0.0996. The number of benzene rings is 11. The Bertz CT molecular complexity index is 4010. The van der Waals surface area contributed by atoms with Gasteiger partial charge in [-0.15, -0.1) is 0 Å². The van der Waals surface area contributed by atoms with Gasteiger partial charge in [0.05, 0.1) is 16.7 Å². The van der Waals surface area contributed by atoms with E-state index in [2.05, 4.69) is 238 Å². The number of nitrogens with zero attached hydrogens (tertiary/aromatic N) is 3. The van der Waals surface area contributed by atoms with Crippen molar-refractivity contribution in [3.63, 3.8) is 0 Å². The third kappa shape index (κ3) is 9.89. The third-order valence-corrected chi connectivity index (χ3v) is 14.5. The van der Waals surface area contributed by atoms with Gasteiger partial charge in [-0.05, 0) is 109 Å². The lowest BCUT2D eigenvalue weighted by molar-refractivity contribution is 0.594. The molecule has 0 saturated heterocycles. The predicted octanol–water partition coefficient (Wildman–Crippen LogP) is 19.0. The second-order valence-corrected chi connectivity index (χ2v) is 20.6. The molecular formula is C73H56N4. The van der Waals surface area contributed by atoms with Gasteiger partial charge in [-0.2, -0.15) is 0 Å². The van der Waals surface area contributed by atoms with E-state index >= 15 is 0 Å². The summed E-state index contributed by atoms with van der Waals surface area (Å²) in [5.41, 5.74) is 19.8. The van der Waals surface area contributed by atoms with Crippen LogP contribution in [-0.2, 0) is 5.41 Å². The molecule has 0 spiro atoms. The first-order chi connectivity index (χ1) is 37.7. The van der Waals surface area contributed by atoms with Gasteiger partial charge in [-0.25, -0.2) is 9.98 Å². The molecule has 11 aromatic carbocycles. The van der Waals surface area contributed by atoms with Crippen LogP contribution in [0.4, 0.5) is 0 Å². The quantitative estimate of drug-likeness (QED) is 0.105. The lowest BCUT2D eigenvalue weighted by Gasteiger charge is -2.26. The summed E-state index contributed by atoms with van der Waals surface area (Å²) < 4.78 is 2.53. The van der Waals surface area contributed by atoms with Crippen molar-refractivity contribution in [2.75, 3.05) is 0 Å². The molecule has 0 amide bonds. The number of fused-ring (bicyclic) bond motifs is 3. The Morgan fingerprint density at radius 2 is 0.792 bits per heavy atom. The molecule has 0 bridgehead atoms. The number of aromatic nitrogens is 1. The topological polar surface area (TPSA) is 53.5 Å². The highest BCUT2D eigenvalue weighted by molar-refractivity contribution is 6.16. The average molecular weight is 989 g/mol. The van der Waals surface area contributed by atoms with Crippen molar-refractivity contribution in [3.05, 3.63) is 295 Å². The summed E-state index contributed by atoms with van der Waals surface area (Å²) in [7, 11) is 0. The number of aliphatic imine (C=N–C) groups is 2. The number of rotatable bonds is 10. The van der Waals surface area contributed by atoms with E-state index in [0.717, 1.165) is 88.9 Å². The molecule has 1 aromatic heterocycles. The number of nitrogens with one attached hydrogen (secondary N) is 1.